The van der Waals surface area contributed by atoms with Gasteiger partial charge in [-0.05, 0) is 19.3 Å². The Kier molecular flexibility index (Phi) is 5.73. The molecule has 0 bridgehead atoms. The fraction of sp³-hybridized carbons (Fsp3) is 0.643. The molecule has 2 amide bonds. The zero-order valence-electron chi connectivity index (χ0n) is 12.1. The SMILES string of the molecule is CCC1=CN(C(=O)C(=NC(=O)OC)[C@@H](C)CC)CC1. The fourth-order valence-corrected chi connectivity index (χ4v) is 1.90. The van der Waals surface area contributed by atoms with Crippen LogP contribution >= 0.6 is 0 Å². The van der Waals surface area contributed by atoms with E-state index in [2.05, 4.69) is 16.7 Å². The summed E-state index contributed by atoms with van der Waals surface area (Å²) in [5, 5.41) is 0. The molecule has 0 aromatic heterocycles. The summed E-state index contributed by atoms with van der Waals surface area (Å²) in [5.74, 6) is -0.256. The Morgan fingerprint density at radius 1 is 1.47 bits per heavy atom. The van der Waals surface area contributed by atoms with Gasteiger partial charge in [0.15, 0.2) is 0 Å². The third-order valence-electron chi connectivity index (χ3n) is 3.41. The number of methoxy groups -OCH3 is 1. The van der Waals surface area contributed by atoms with Crippen LogP contribution in [0.1, 0.15) is 40.0 Å². The van der Waals surface area contributed by atoms with Gasteiger partial charge in [-0.15, -0.1) is 0 Å². The van der Waals surface area contributed by atoms with E-state index >= 15 is 0 Å². The predicted molar refractivity (Wildman–Crippen MR) is 74.0 cm³/mol. The van der Waals surface area contributed by atoms with Crippen molar-refractivity contribution in [1.82, 2.24) is 4.90 Å². The van der Waals surface area contributed by atoms with Crippen molar-refractivity contribution >= 4 is 17.7 Å². The van der Waals surface area contributed by atoms with Gasteiger partial charge in [0, 0.05) is 18.7 Å². The molecule has 5 nitrogen and oxygen atoms in total. The maximum absolute atomic E-state index is 12.4. The molecule has 0 saturated heterocycles. The summed E-state index contributed by atoms with van der Waals surface area (Å²) in [6, 6.07) is 0. The number of carbonyl (C=O) groups is 2. The van der Waals surface area contributed by atoms with E-state index < -0.39 is 6.09 Å². The molecule has 1 aliphatic heterocycles. The van der Waals surface area contributed by atoms with Gasteiger partial charge in [-0.1, -0.05) is 26.3 Å². The lowest BCUT2D eigenvalue weighted by Crippen LogP contribution is -2.35. The van der Waals surface area contributed by atoms with Crippen LogP contribution in [0, 0.1) is 5.92 Å². The Morgan fingerprint density at radius 3 is 2.63 bits per heavy atom. The number of carbonyl (C=O) groups excluding carboxylic acids is 2. The van der Waals surface area contributed by atoms with Crippen molar-refractivity contribution in [2.24, 2.45) is 10.9 Å². The topological polar surface area (TPSA) is 59.0 Å². The van der Waals surface area contributed by atoms with Gasteiger partial charge in [0.2, 0.25) is 0 Å². The number of hydrogen-bond acceptors (Lipinski definition) is 3. The van der Waals surface area contributed by atoms with Crippen molar-refractivity contribution in [2.75, 3.05) is 13.7 Å². The van der Waals surface area contributed by atoms with E-state index in [0.717, 1.165) is 19.3 Å². The second-order valence-corrected chi connectivity index (χ2v) is 4.67. The summed E-state index contributed by atoms with van der Waals surface area (Å²) in [7, 11) is 1.26. The summed E-state index contributed by atoms with van der Waals surface area (Å²) in [5.41, 5.74) is 1.53. The minimum Gasteiger partial charge on any atom is -0.451 e. The predicted octanol–water partition coefficient (Wildman–Crippen LogP) is 2.77. The standard InChI is InChI=1S/C14H22N2O3/c1-5-10(3)12(15-14(18)19-4)13(17)16-8-7-11(6-2)9-16/h9-10H,5-8H2,1-4H3/t10-/m0/s1. The van der Waals surface area contributed by atoms with E-state index in [1.807, 2.05) is 20.0 Å². The first-order chi connectivity index (χ1) is 9.03. The minimum absolute atomic E-state index is 0.0642. The van der Waals surface area contributed by atoms with E-state index in [-0.39, 0.29) is 17.5 Å². The average molecular weight is 266 g/mol. The Bertz CT molecular complexity index is 413. The normalized spacial score (nSPS) is 17.2. The van der Waals surface area contributed by atoms with Gasteiger partial charge in [-0.25, -0.2) is 4.79 Å². The van der Waals surface area contributed by atoms with Crippen LogP contribution in [0.2, 0.25) is 0 Å². The lowest BCUT2D eigenvalue weighted by Gasteiger charge is -2.18. The van der Waals surface area contributed by atoms with E-state index in [1.165, 1.54) is 12.7 Å². The highest BCUT2D eigenvalue weighted by Crippen LogP contribution is 2.19. The van der Waals surface area contributed by atoms with E-state index in [9.17, 15) is 9.59 Å². The van der Waals surface area contributed by atoms with Crippen LogP contribution in [0.4, 0.5) is 4.79 Å². The first kappa shape index (κ1) is 15.4. The second-order valence-electron chi connectivity index (χ2n) is 4.67. The largest absolute Gasteiger partial charge is 0.451 e. The van der Waals surface area contributed by atoms with Crippen LogP contribution in [0.3, 0.4) is 0 Å². The molecule has 0 unspecified atom stereocenters. The van der Waals surface area contributed by atoms with Gasteiger partial charge in [-0.3, -0.25) is 4.79 Å². The zero-order chi connectivity index (χ0) is 14.4. The highest BCUT2D eigenvalue weighted by Gasteiger charge is 2.26. The number of amides is 2. The molecule has 0 fully saturated rings. The molecule has 1 atom stereocenters. The van der Waals surface area contributed by atoms with E-state index in [1.54, 1.807) is 4.90 Å². The van der Waals surface area contributed by atoms with Gasteiger partial charge in [0.05, 0.1) is 7.11 Å². The van der Waals surface area contributed by atoms with Crippen molar-refractivity contribution in [3.63, 3.8) is 0 Å². The highest BCUT2D eigenvalue weighted by molar-refractivity contribution is 6.41. The zero-order valence-corrected chi connectivity index (χ0v) is 12.1. The Labute approximate surface area is 114 Å². The molecule has 0 N–H and O–H groups in total. The van der Waals surface area contributed by atoms with Crippen molar-refractivity contribution in [3.05, 3.63) is 11.8 Å². The summed E-state index contributed by atoms with van der Waals surface area (Å²) >= 11 is 0. The minimum atomic E-state index is -0.720. The molecule has 1 aliphatic rings. The number of hydrogen-bond donors (Lipinski definition) is 0. The molecule has 0 aromatic rings. The summed E-state index contributed by atoms with van der Waals surface area (Å²) in [6.45, 7) is 6.58. The molecule has 106 valence electrons. The van der Waals surface area contributed by atoms with Gasteiger partial charge in [-0.2, -0.15) is 4.99 Å². The first-order valence-corrected chi connectivity index (χ1v) is 6.70. The van der Waals surface area contributed by atoms with Crippen molar-refractivity contribution < 1.29 is 14.3 Å². The van der Waals surface area contributed by atoms with Gasteiger partial charge < -0.3 is 9.64 Å². The summed E-state index contributed by atoms with van der Waals surface area (Å²) < 4.78 is 4.52. The number of rotatable bonds is 4. The maximum atomic E-state index is 12.4. The highest BCUT2D eigenvalue weighted by atomic mass is 16.5. The van der Waals surface area contributed by atoms with Crippen LogP contribution in [0.5, 0.6) is 0 Å². The van der Waals surface area contributed by atoms with Gasteiger partial charge in [0.25, 0.3) is 5.91 Å². The monoisotopic (exact) mass is 266 g/mol. The molecule has 1 rings (SSSR count). The molecule has 19 heavy (non-hydrogen) atoms. The number of nitrogens with zero attached hydrogens (tertiary/aromatic N) is 2. The smallest absolute Gasteiger partial charge is 0.433 e. The maximum Gasteiger partial charge on any atom is 0.433 e. The first-order valence-electron chi connectivity index (χ1n) is 6.70. The molecule has 5 heteroatoms. The molecule has 1 heterocycles. The van der Waals surface area contributed by atoms with Gasteiger partial charge >= 0.3 is 6.09 Å². The summed E-state index contributed by atoms with van der Waals surface area (Å²) in [4.78, 5) is 29.1. The van der Waals surface area contributed by atoms with Crippen molar-refractivity contribution in [1.29, 1.82) is 0 Å². The molecule has 0 saturated carbocycles. The molecule has 0 radical (unpaired) electrons. The lowest BCUT2D eigenvalue weighted by molar-refractivity contribution is -0.121. The molecule has 0 aromatic carbocycles. The summed E-state index contributed by atoms with van der Waals surface area (Å²) in [6.07, 6.45) is 3.74. The van der Waals surface area contributed by atoms with Crippen molar-refractivity contribution in [3.8, 4) is 0 Å². The third kappa shape index (κ3) is 3.91. The van der Waals surface area contributed by atoms with Gasteiger partial charge in [0.1, 0.15) is 5.71 Å². The lowest BCUT2D eigenvalue weighted by atomic mass is 10.0. The van der Waals surface area contributed by atoms with Crippen LogP contribution in [0.25, 0.3) is 0 Å². The van der Waals surface area contributed by atoms with E-state index in [4.69, 9.17) is 0 Å². The number of ether oxygens (including phenoxy) is 1. The quantitative estimate of drug-likeness (QED) is 0.735. The Morgan fingerprint density at radius 2 is 2.16 bits per heavy atom. The fourth-order valence-electron chi connectivity index (χ4n) is 1.90. The average Bonchev–Trinajstić information content (AvgIpc) is 2.91. The molecular weight excluding hydrogens is 244 g/mol. The van der Waals surface area contributed by atoms with Crippen LogP contribution in [-0.4, -0.2) is 36.3 Å². The number of aliphatic imine (C=N–C) groups is 1. The van der Waals surface area contributed by atoms with Crippen LogP contribution in [0.15, 0.2) is 16.8 Å². The van der Waals surface area contributed by atoms with Crippen LogP contribution in [-0.2, 0) is 9.53 Å². The molecular formula is C14H22N2O3. The van der Waals surface area contributed by atoms with Crippen LogP contribution < -0.4 is 0 Å². The molecule has 0 spiro atoms. The Balaban J connectivity index is 2.93. The van der Waals surface area contributed by atoms with Crippen molar-refractivity contribution in [2.45, 2.75) is 40.0 Å². The third-order valence-corrected chi connectivity index (χ3v) is 3.41. The molecule has 0 aliphatic carbocycles. The van der Waals surface area contributed by atoms with E-state index in [0.29, 0.717) is 6.54 Å². The second kappa shape index (κ2) is 7.07. The Hall–Kier alpha value is -1.65.